The number of aromatic hydroxyl groups is 1. The molecule has 0 spiro atoms. The number of benzene rings is 1. The van der Waals surface area contributed by atoms with E-state index >= 15 is 0 Å². The maximum Gasteiger partial charge on any atom is 0.221 e. The number of azo groups is 1. The van der Waals surface area contributed by atoms with Crippen LogP contribution in [-0.4, -0.2) is 52.5 Å². The van der Waals surface area contributed by atoms with E-state index in [9.17, 15) is 9.50 Å². The van der Waals surface area contributed by atoms with Crippen molar-refractivity contribution in [2.45, 2.75) is 6.67 Å². The molecule has 0 amide bonds. The third kappa shape index (κ3) is 4.06. The lowest BCUT2D eigenvalue weighted by Crippen LogP contribution is -2.37. The van der Waals surface area contributed by atoms with Crippen LogP contribution in [-0.2, 0) is 11.4 Å². The van der Waals surface area contributed by atoms with Crippen molar-refractivity contribution >= 4 is 33.9 Å². The fourth-order valence-corrected chi connectivity index (χ4v) is 2.89. The Bertz CT molecular complexity index is 845. The lowest BCUT2D eigenvalue weighted by Gasteiger charge is -2.27. The molecule has 26 heavy (non-hydrogen) atoms. The number of ether oxygens (including phenoxy) is 1. The minimum atomic E-state index is -0.412. The first-order valence-electron chi connectivity index (χ1n) is 8.21. The summed E-state index contributed by atoms with van der Waals surface area (Å²) in [7, 11) is 0. The molecular weight excluding hydrogens is 357 g/mol. The maximum absolute atomic E-state index is 13.7. The summed E-state index contributed by atoms with van der Waals surface area (Å²) in [5, 5.41) is 22.1. The predicted molar refractivity (Wildman–Crippen MR) is 101 cm³/mol. The molecule has 3 rings (SSSR count). The second-order valence-corrected chi connectivity index (χ2v) is 6.19. The number of thiocarbonyl (C=S) groups is 1. The molecule has 1 aromatic heterocycles. The van der Waals surface area contributed by atoms with Crippen LogP contribution in [0.5, 0.6) is 5.88 Å². The Morgan fingerprint density at radius 2 is 2.19 bits per heavy atom. The normalized spacial score (nSPS) is 15.6. The van der Waals surface area contributed by atoms with Gasteiger partial charge in [0.15, 0.2) is 5.69 Å². The fourth-order valence-electron chi connectivity index (χ4n) is 2.77. The predicted octanol–water partition coefficient (Wildman–Crippen LogP) is 2.92. The zero-order valence-electron chi connectivity index (χ0n) is 14.2. The molecule has 1 aliphatic rings. The van der Waals surface area contributed by atoms with Crippen molar-refractivity contribution in [1.82, 2.24) is 14.8 Å². The van der Waals surface area contributed by atoms with Gasteiger partial charge in [-0.1, -0.05) is 6.08 Å². The first-order chi connectivity index (χ1) is 12.6. The molecule has 0 unspecified atom stereocenters. The second kappa shape index (κ2) is 8.35. The summed E-state index contributed by atoms with van der Waals surface area (Å²) in [5.74, 6) is -0.489. The highest BCUT2D eigenvalue weighted by Gasteiger charge is 2.20. The highest BCUT2D eigenvalue weighted by atomic mass is 32.1. The van der Waals surface area contributed by atoms with Crippen LogP contribution in [0.15, 0.2) is 41.1 Å². The van der Waals surface area contributed by atoms with Gasteiger partial charge in [0.2, 0.25) is 11.0 Å². The van der Waals surface area contributed by atoms with E-state index in [-0.39, 0.29) is 16.7 Å². The SMILES string of the molecule is C=CCNC(=S)N=Nc1c(O)n(CN2CCOCC2)c2ccc(F)cc12. The van der Waals surface area contributed by atoms with Gasteiger partial charge >= 0.3 is 0 Å². The number of nitrogens with one attached hydrogen (secondary N) is 1. The van der Waals surface area contributed by atoms with Crippen LogP contribution in [0.3, 0.4) is 0 Å². The van der Waals surface area contributed by atoms with Crippen molar-refractivity contribution in [2.24, 2.45) is 10.2 Å². The lowest BCUT2D eigenvalue weighted by molar-refractivity contribution is 0.0231. The Kier molecular flexibility index (Phi) is 5.92. The van der Waals surface area contributed by atoms with Crippen molar-refractivity contribution < 1.29 is 14.2 Å². The largest absolute Gasteiger partial charge is 0.493 e. The van der Waals surface area contributed by atoms with Crippen molar-refractivity contribution in [2.75, 3.05) is 32.8 Å². The molecule has 0 radical (unpaired) electrons. The van der Waals surface area contributed by atoms with Gasteiger partial charge in [-0.25, -0.2) is 4.39 Å². The van der Waals surface area contributed by atoms with Gasteiger partial charge < -0.3 is 15.2 Å². The molecule has 0 aliphatic carbocycles. The van der Waals surface area contributed by atoms with Gasteiger partial charge in [0.05, 0.1) is 25.4 Å². The van der Waals surface area contributed by atoms with E-state index in [1.807, 2.05) is 0 Å². The van der Waals surface area contributed by atoms with Crippen LogP contribution in [0, 0.1) is 5.82 Å². The summed E-state index contributed by atoms with van der Waals surface area (Å²) in [4.78, 5) is 2.14. The summed E-state index contributed by atoms with van der Waals surface area (Å²) in [5.41, 5.74) is 0.866. The maximum atomic E-state index is 13.7. The standard InChI is InChI=1S/C17H20FN5O2S/c1-2-5-19-17(26)21-20-15-13-10-12(18)3-4-14(13)23(16(15)24)11-22-6-8-25-9-7-22/h2-4,10,24H,1,5-9,11H2,(H,19,26). The Morgan fingerprint density at radius 3 is 2.92 bits per heavy atom. The molecule has 0 atom stereocenters. The number of hydrogen-bond donors (Lipinski definition) is 2. The fraction of sp³-hybridized carbons (Fsp3) is 0.353. The number of fused-ring (bicyclic) bond motifs is 1. The first-order valence-corrected chi connectivity index (χ1v) is 8.62. The van der Waals surface area contributed by atoms with Crippen molar-refractivity contribution in [3.05, 3.63) is 36.7 Å². The Labute approximate surface area is 155 Å². The summed E-state index contributed by atoms with van der Waals surface area (Å²) >= 11 is 5.04. The summed E-state index contributed by atoms with van der Waals surface area (Å²) in [6.07, 6.45) is 1.64. The number of aromatic nitrogens is 1. The molecule has 2 N–H and O–H groups in total. The van der Waals surface area contributed by atoms with Gasteiger partial charge in [0.1, 0.15) is 5.82 Å². The first kappa shape index (κ1) is 18.4. The van der Waals surface area contributed by atoms with E-state index in [2.05, 4.69) is 27.0 Å². The molecule has 2 heterocycles. The Balaban J connectivity index is 1.95. The van der Waals surface area contributed by atoms with Crippen LogP contribution in [0.25, 0.3) is 10.9 Å². The molecule has 0 saturated carbocycles. The van der Waals surface area contributed by atoms with E-state index in [0.29, 0.717) is 37.3 Å². The van der Waals surface area contributed by atoms with E-state index in [1.54, 1.807) is 16.7 Å². The van der Waals surface area contributed by atoms with E-state index in [0.717, 1.165) is 13.1 Å². The third-order valence-electron chi connectivity index (χ3n) is 4.06. The minimum absolute atomic E-state index is 0.0765. The zero-order chi connectivity index (χ0) is 18.5. The molecule has 2 aromatic rings. The number of hydrogen-bond acceptors (Lipinski definition) is 5. The topological polar surface area (TPSA) is 74.4 Å². The Morgan fingerprint density at radius 1 is 1.42 bits per heavy atom. The summed E-state index contributed by atoms with van der Waals surface area (Å²) < 4.78 is 20.8. The van der Waals surface area contributed by atoms with Crippen LogP contribution in [0.1, 0.15) is 0 Å². The molecule has 0 bridgehead atoms. The lowest BCUT2D eigenvalue weighted by atomic mass is 10.2. The summed E-state index contributed by atoms with van der Waals surface area (Å²) in [6.45, 7) is 7.29. The average Bonchev–Trinajstić information content (AvgIpc) is 2.90. The Hall–Kier alpha value is -2.36. The monoisotopic (exact) mass is 377 g/mol. The van der Waals surface area contributed by atoms with Crippen LogP contribution < -0.4 is 5.32 Å². The molecule has 1 aliphatic heterocycles. The third-order valence-corrected chi connectivity index (χ3v) is 4.28. The van der Waals surface area contributed by atoms with Crippen LogP contribution >= 0.6 is 12.2 Å². The number of rotatable bonds is 5. The number of morpholine rings is 1. The summed E-state index contributed by atoms with van der Waals surface area (Å²) in [6, 6.07) is 4.31. The van der Waals surface area contributed by atoms with E-state index in [1.165, 1.54) is 12.1 Å². The van der Waals surface area contributed by atoms with Crippen molar-refractivity contribution in [3.8, 4) is 5.88 Å². The molecule has 1 fully saturated rings. The average molecular weight is 377 g/mol. The minimum Gasteiger partial charge on any atom is -0.493 e. The highest BCUT2D eigenvalue weighted by Crippen LogP contribution is 2.39. The van der Waals surface area contributed by atoms with E-state index < -0.39 is 5.82 Å². The molecule has 7 nitrogen and oxygen atoms in total. The van der Waals surface area contributed by atoms with Crippen LogP contribution in [0.2, 0.25) is 0 Å². The highest BCUT2D eigenvalue weighted by molar-refractivity contribution is 7.80. The number of nitrogens with zero attached hydrogens (tertiary/aromatic N) is 4. The molecule has 138 valence electrons. The van der Waals surface area contributed by atoms with Crippen molar-refractivity contribution in [1.29, 1.82) is 0 Å². The molecule has 9 heteroatoms. The number of halogens is 1. The van der Waals surface area contributed by atoms with Crippen LogP contribution in [0.4, 0.5) is 10.1 Å². The van der Waals surface area contributed by atoms with Crippen molar-refractivity contribution in [3.63, 3.8) is 0 Å². The van der Waals surface area contributed by atoms with Gasteiger partial charge in [-0.3, -0.25) is 9.47 Å². The molecule has 1 saturated heterocycles. The van der Waals surface area contributed by atoms with Gasteiger partial charge in [-0.15, -0.1) is 16.8 Å². The molecule has 1 aromatic carbocycles. The zero-order valence-corrected chi connectivity index (χ0v) is 15.0. The molecular formula is C17H20FN5O2S. The smallest absolute Gasteiger partial charge is 0.221 e. The van der Waals surface area contributed by atoms with E-state index in [4.69, 9.17) is 17.0 Å². The second-order valence-electron chi connectivity index (χ2n) is 5.81. The van der Waals surface area contributed by atoms with Gasteiger partial charge in [-0.05, 0) is 30.4 Å². The van der Waals surface area contributed by atoms with Gasteiger partial charge in [0.25, 0.3) is 0 Å². The quantitative estimate of drug-likeness (QED) is 0.476. The van der Waals surface area contributed by atoms with Gasteiger partial charge in [-0.2, -0.15) is 0 Å². The van der Waals surface area contributed by atoms with Gasteiger partial charge in [0, 0.05) is 25.0 Å².